The Balaban J connectivity index is 1.63. The predicted molar refractivity (Wildman–Crippen MR) is 88.7 cm³/mol. The molecule has 0 unspecified atom stereocenters. The SMILES string of the molecule is Cc1nc(CCNC(=O)c2ccc(-c3ccco3)nc2C)c(C)o1. The number of nitrogens with one attached hydrogen (secondary N) is 1. The summed E-state index contributed by atoms with van der Waals surface area (Å²) in [6.07, 6.45) is 2.23. The van der Waals surface area contributed by atoms with E-state index in [-0.39, 0.29) is 5.91 Å². The highest BCUT2D eigenvalue weighted by Crippen LogP contribution is 2.19. The molecule has 24 heavy (non-hydrogen) atoms. The number of nitrogens with zero attached hydrogens (tertiary/aromatic N) is 2. The van der Waals surface area contributed by atoms with Gasteiger partial charge in [-0.05, 0) is 38.1 Å². The van der Waals surface area contributed by atoms with Gasteiger partial charge in [-0.1, -0.05) is 0 Å². The fourth-order valence-electron chi connectivity index (χ4n) is 2.56. The number of pyridine rings is 1. The van der Waals surface area contributed by atoms with Gasteiger partial charge in [-0.2, -0.15) is 0 Å². The van der Waals surface area contributed by atoms with Crippen LogP contribution < -0.4 is 5.32 Å². The van der Waals surface area contributed by atoms with Crippen molar-refractivity contribution in [2.45, 2.75) is 27.2 Å². The fourth-order valence-corrected chi connectivity index (χ4v) is 2.56. The largest absolute Gasteiger partial charge is 0.463 e. The summed E-state index contributed by atoms with van der Waals surface area (Å²) in [5.41, 5.74) is 2.80. The standard InChI is InChI=1S/C18H19N3O3/c1-11-14(6-7-16(20-11)17-5-4-10-23-17)18(22)19-9-8-15-12(2)24-13(3)21-15/h4-7,10H,8-9H2,1-3H3,(H,19,22). The van der Waals surface area contributed by atoms with E-state index in [2.05, 4.69) is 15.3 Å². The molecule has 3 heterocycles. The maximum Gasteiger partial charge on any atom is 0.253 e. The molecule has 3 rings (SSSR count). The minimum Gasteiger partial charge on any atom is -0.463 e. The van der Waals surface area contributed by atoms with Gasteiger partial charge in [0.2, 0.25) is 0 Å². The van der Waals surface area contributed by atoms with Crippen LogP contribution in [-0.2, 0) is 6.42 Å². The highest BCUT2D eigenvalue weighted by Gasteiger charge is 2.13. The number of amides is 1. The molecule has 0 radical (unpaired) electrons. The Morgan fingerprint density at radius 1 is 1.17 bits per heavy atom. The molecule has 0 aliphatic carbocycles. The monoisotopic (exact) mass is 325 g/mol. The van der Waals surface area contributed by atoms with Gasteiger partial charge < -0.3 is 14.2 Å². The number of carbonyl (C=O) groups excluding carboxylic acids is 1. The molecule has 0 aliphatic heterocycles. The Morgan fingerprint density at radius 2 is 2.00 bits per heavy atom. The third-order valence-electron chi connectivity index (χ3n) is 3.75. The smallest absolute Gasteiger partial charge is 0.253 e. The highest BCUT2D eigenvalue weighted by molar-refractivity contribution is 5.95. The van der Waals surface area contributed by atoms with E-state index in [0.717, 1.165) is 11.5 Å². The first-order valence-corrected chi connectivity index (χ1v) is 7.77. The number of rotatable bonds is 5. The van der Waals surface area contributed by atoms with Crippen LogP contribution in [0.1, 0.15) is 33.4 Å². The molecule has 124 valence electrons. The van der Waals surface area contributed by atoms with Crippen LogP contribution in [0.15, 0.2) is 39.4 Å². The van der Waals surface area contributed by atoms with E-state index in [4.69, 9.17) is 8.83 Å². The fraction of sp³-hybridized carbons (Fsp3) is 0.278. The summed E-state index contributed by atoms with van der Waals surface area (Å²) in [5.74, 6) is 1.97. The maximum absolute atomic E-state index is 12.3. The summed E-state index contributed by atoms with van der Waals surface area (Å²) in [6.45, 7) is 5.99. The quantitative estimate of drug-likeness (QED) is 0.779. The first kappa shape index (κ1) is 16.0. The molecule has 1 amide bonds. The molecular formula is C18H19N3O3. The highest BCUT2D eigenvalue weighted by atomic mass is 16.4. The normalized spacial score (nSPS) is 10.8. The van der Waals surface area contributed by atoms with E-state index < -0.39 is 0 Å². The second kappa shape index (κ2) is 6.70. The van der Waals surface area contributed by atoms with Gasteiger partial charge in [-0.25, -0.2) is 9.97 Å². The molecule has 6 nitrogen and oxygen atoms in total. The van der Waals surface area contributed by atoms with Gasteiger partial charge in [0.05, 0.1) is 23.2 Å². The van der Waals surface area contributed by atoms with Gasteiger partial charge in [0.1, 0.15) is 11.5 Å². The number of carbonyl (C=O) groups is 1. The lowest BCUT2D eigenvalue weighted by Crippen LogP contribution is -2.26. The van der Waals surface area contributed by atoms with E-state index in [1.807, 2.05) is 26.8 Å². The van der Waals surface area contributed by atoms with E-state index in [1.54, 1.807) is 24.5 Å². The Morgan fingerprint density at radius 3 is 2.62 bits per heavy atom. The van der Waals surface area contributed by atoms with Crippen molar-refractivity contribution in [1.82, 2.24) is 15.3 Å². The van der Waals surface area contributed by atoms with E-state index in [1.165, 1.54) is 0 Å². The van der Waals surface area contributed by atoms with Crippen LogP contribution in [0, 0.1) is 20.8 Å². The van der Waals surface area contributed by atoms with Crippen molar-refractivity contribution in [3.63, 3.8) is 0 Å². The lowest BCUT2D eigenvalue weighted by Gasteiger charge is -2.08. The van der Waals surface area contributed by atoms with Crippen molar-refractivity contribution in [1.29, 1.82) is 0 Å². The molecule has 3 aromatic heterocycles. The molecule has 6 heteroatoms. The first-order chi connectivity index (χ1) is 11.5. The van der Waals surface area contributed by atoms with Crippen molar-refractivity contribution in [3.8, 4) is 11.5 Å². The van der Waals surface area contributed by atoms with Gasteiger partial charge in [-0.3, -0.25) is 4.79 Å². The van der Waals surface area contributed by atoms with E-state index in [9.17, 15) is 4.79 Å². The molecule has 0 aromatic carbocycles. The molecule has 0 atom stereocenters. The maximum atomic E-state index is 12.3. The zero-order chi connectivity index (χ0) is 17.1. The third kappa shape index (κ3) is 3.37. The lowest BCUT2D eigenvalue weighted by atomic mass is 10.1. The number of aromatic nitrogens is 2. The Hall–Kier alpha value is -2.89. The number of furan rings is 1. The van der Waals surface area contributed by atoms with Crippen molar-refractivity contribution in [3.05, 3.63) is 59.1 Å². The molecule has 0 saturated carbocycles. The molecule has 3 aromatic rings. The molecule has 0 spiro atoms. The summed E-state index contributed by atoms with van der Waals surface area (Å²) < 4.78 is 10.7. The van der Waals surface area contributed by atoms with Crippen molar-refractivity contribution in [2.75, 3.05) is 6.54 Å². The molecular weight excluding hydrogens is 306 g/mol. The van der Waals surface area contributed by atoms with Crippen LogP contribution in [-0.4, -0.2) is 22.4 Å². The second-order valence-electron chi connectivity index (χ2n) is 5.55. The molecule has 0 aliphatic rings. The topological polar surface area (TPSA) is 81.2 Å². The zero-order valence-electron chi connectivity index (χ0n) is 13.9. The summed E-state index contributed by atoms with van der Waals surface area (Å²) in [5, 5.41) is 2.89. The minimum absolute atomic E-state index is 0.149. The van der Waals surface area contributed by atoms with Crippen molar-refractivity contribution in [2.24, 2.45) is 0 Å². The van der Waals surface area contributed by atoms with Gasteiger partial charge in [0.15, 0.2) is 11.7 Å². The van der Waals surface area contributed by atoms with Crippen LogP contribution in [0.4, 0.5) is 0 Å². The lowest BCUT2D eigenvalue weighted by molar-refractivity contribution is 0.0953. The summed E-state index contributed by atoms with van der Waals surface area (Å²) in [4.78, 5) is 21.1. The van der Waals surface area contributed by atoms with Crippen molar-refractivity contribution < 1.29 is 13.6 Å². The van der Waals surface area contributed by atoms with Gasteiger partial charge in [0.25, 0.3) is 5.91 Å². The summed E-state index contributed by atoms with van der Waals surface area (Å²) in [6, 6.07) is 7.19. The third-order valence-corrected chi connectivity index (χ3v) is 3.75. The summed E-state index contributed by atoms with van der Waals surface area (Å²) in [7, 11) is 0. The average molecular weight is 325 g/mol. The van der Waals surface area contributed by atoms with Crippen molar-refractivity contribution >= 4 is 5.91 Å². The van der Waals surface area contributed by atoms with Crippen LogP contribution >= 0.6 is 0 Å². The Kier molecular flexibility index (Phi) is 4.46. The van der Waals surface area contributed by atoms with Gasteiger partial charge >= 0.3 is 0 Å². The number of hydrogen-bond donors (Lipinski definition) is 1. The first-order valence-electron chi connectivity index (χ1n) is 7.77. The summed E-state index contributed by atoms with van der Waals surface area (Å²) >= 11 is 0. The minimum atomic E-state index is -0.149. The molecule has 1 N–H and O–H groups in total. The molecule has 0 bridgehead atoms. The molecule has 0 fully saturated rings. The average Bonchev–Trinajstić information content (AvgIpc) is 3.17. The number of hydrogen-bond acceptors (Lipinski definition) is 5. The zero-order valence-corrected chi connectivity index (χ0v) is 13.9. The van der Waals surface area contributed by atoms with Crippen LogP contribution in [0.3, 0.4) is 0 Å². The number of oxazole rings is 1. The Bertz CT molecular complexity index is 851. The van der Waals surface area contributed by atoms with Crippen LogP contribution in [0.25, 0.3) is 11.5 Å². The predicted octanol–water partition coefficient (Wildman–Crippen LogP) is 3.23. The molecule has 0 saturated heterocycles. The number of aryl methyl sites for hydroxylation is 3. The van der Waals surface area contributed by atoms with E-state index in [0.29, 0.717) is 41.6 Å². The van der Waals surface area contributed by atoms with E-state index >= 15 is 0 Å². The van der Waals surface area contributed by atoms with Crippen LogP contribution in [0.2, 0.25) is 0 Å². The second-order valence-corrected chi connectivity index (χ2v) is 5.55. The van der Waals surface area contributed by atoms with Gasteiger partial charge in [0, 0.05) is 19.9 Å². The van der Waals surface area contributed by atoms with Gasteiger partial charge in [-0.15, -0.1) is 0 Å². The van der Waals surface area contributed by atoms with Crippen LogP contribution in [0.5, 0.6) is 0 Å². The Labute approximate surface area is 139 Å².